The Morgan fingerprint density at radius 2 is 1.68 bits per heavy atom. The molecule has 57 heavy (non-hydrogen) atoms. The number of aliphatic hydroxyl groups is 2. The van der Waals surface area contributed by atoms with Crippen molar-refractivity contribution < 1.29 is 58.0 Å². The number of ether oxygens (including phenoxy) is 4. The molecule has 6 fully saturated rings. The van der Waals surface area contributed by atoms with Crippen LogP contribution in [0.3, 0.4) is 0 Å². The third-order valence-electron chi connectivity index (χ3n) is 11.8. The van der Waals surface area contributed by atoms with Crippen LogP contribution >= 0.6 is 0 Å². The van der Waals surface area contributed by atoms with Crippen molar-refractivity contribution in [3.05, 3.63) is 41.5 Å². The first kappa shape index (κ1) is 41.2. The fourth-order valence-electron chi connectivity index (χ4n) is 8.76. The van der Waals surface area contributed by atoms with Gasteiger partial charge in [0, 0.05) is 44.8 Å². The lowest BCUT2D eigenvalue weighted by Gasteiger charge is -2.49. The number of hydroxylamine groups is 2. The molecule has 3 saturated carbocycles. The topological polar surface area (TPSA) is 202 Å². The summed E-state index contributed by atoms with van der Waals surface area (Å²) < 4.78 is 25.1. The summed E-state index contributed by atoms with van der Waals surface area (Å²) in [6.07, 6.45) is 2.26. The minimum atomic E-state index is -1.61. The quantitative estimate of drug-likeness (QED) is 0.147. The van der Waals surface area contributed by atoms with Gasteiger partial charge in [0.25, 0.3) is 0 Å². The van der Waals surface area contributed by atoms with Crippen molar-refractivity contribution in [3.63, 3.8) is 0 Å². The molecule has 3 aliphatic heterocycles. The predicted octanol–water partition coefficient (Wildman–Crippen LogP) is 1.35. The number of hydrogen-bond donors (Lipinski definition) is 4. The number of nitrogens with one attached hydrogen (secondary N) is 2. The van der Waals surface area contributed by atoms with Crippen LogP contribution < -0.4 is 10.6 Å². The van der Waals surface area contributed by atoms with Crippen LogP contribution in [0.5, 0.6) is 0 Å². The molecule has 2 bridgehead atoms. The van der Waals surface area contributed by atoms with Crippen molar-refractivity contribution in [1.29, 1.82) is 0 Å². The first-order valence-electron chi connectivity index (χ1n) is 20.1. The van der Waals surface area contributed by atoms with Gasteiger partial charge in [-0.25, -0.2) is 0 Å². The summed E-state index contributed by atoms with van der Waals surface area (Å²) in [5, 5.41) is 27.8. The standard InChI is InChI=1S/C41H56N4O12/c1-22(47)31(36(50)42-27(21-46)16-18-30(49)54-39(2,3)4)43-38(52)40-19-28-32-33(56-41(55-32,25-12-13-25)26-14-15-26)35(40)57-45(34(40)37(51)53-28)20-24-9-7-23(8-10-24)11-17-29(48)44(5)6/h7-11,17,22,25-28,31-35,46-47H,12-16,18-21H2,1-6H3,(H,42,50)(H,43,52). The molecule has 1 aromatic carbocycles. The van der Waals surface area contributed by atoms with Crippen LogP contribution in [0.2, 0.25) is 0 Å². The molecule has 7 rings (SSSR count). The molecule has 1 aromatic rings. The molecule has 3 heterocycles. The van der Waals surface area contributed by atoms with Gasteiger partial charge < -0.3 is 44.7 Å². The van der Waals surface area contributed by atoms with Gasteiger partial charge in [0.05, 0.1) is 25.3 Å². The second-order valence-electron chi connectivity index (χ2n) is 17.7. The number of hydrogen-bond acceptors (Lipinski definition) is 13. The average Bonchev–Trinajstić information content (AvgIpc) is 4.10. The number of nitrogens with zero attached hydrogens (tertiary/aromatic N) is 2. The minimum absolute atomic E-state index is 0.0271. The van der Waals surface area contributed by atoms with Gasteiger partial charge in [0.2, 0.25) is 17.7 Å². The maximum atomic E-state index is 15.0. The van der Waals surface area contributed by atoms with Crippen LogP contribution in [0.25, 0.3) is 6.08 Å². The van der Waals surface area contributed by atoms with Gasteiger partial charge in [-0.05, 0) is 77.0 Å². The predicted molar refractivity (Wildman–Crippen MR) is 201 cm³/mol. The Kier molecular flexibility index (Phi) is 11.3. The van der Waals surface area contributed by atoms with E-state index in [9.17, 15) is 34.2 Å². The van der Waals surface area contributed by atoms with Crippen molar-refractivity contribution in [2.75, 3.05) is 20.7 Å². The van der Waals surface area contributed by atoms with E-state index in [0.717, 1.165) is 36.8 Å². The zero-order valence-corrected chi connectivity index (χ0v) is 33.5. The molecular formula is C41H56N4O12. The summed E-state index contributed by atoms with van der Waals surface area (Å²) in [5.74, 6) is -3.31. The van der Waals surface area contributed by atoms with E-state index in [1.807, 2.05) is 24.3 Å². The van der Waals surface area contributed by atoms with Crippen LogP contribution in [-0.2, 0) is 54.3 Å². The number of fused-ring (bicyclic) bond motifs is 4. The highest BCUT2D eigenvalue weighted by Crippen LogP contribution is 2.63. The van der Waals surface area contributed by atoms with E-state index < -0.39 is 95.8 Å². The van der Waals surface area contributed by atoms with E-state index in [2.05, 4.69) is 10.6 Å². The summed E-state index contributed by atoms with van der Waals surface area (Å²) in [6, 6.07) is 3.73. The summed E-state index contributed by atoms with van der Waals surface area (Å²) in [6.45, 7) is 6.14. The Labute approximate surface area is 332 Å². The number of aliphatic hydroxyl groups excluding tert-OH is 2. The Hall–Kier alpha value is -3.93. The van der Waals surface area contributed by atoms with Crippen LogP contribution in [-0.4, -0.2) is 131 Å². The molecule has 6 aliphatic rings. The van der Waals surface area contributed by atoms with Crippen molar-refractivity contribution in [2.45, 2.75) is 139 Å². The van der Waals surface area contributed by atoms with Crippen molar-refractivity contribution in [1.82, 2.24) is 20.6 Å². The molecule has 0 aromatic heterocycles. The normalized spacial score (nSPS) is 30.5. The highest BCUT2D eigenvalue weighted by molar-refractivity contribution is 5.96. The van der Waals surface area contributed by atoms with Crippen LogP contribution in [0.1, 0.15) is 83.8 Å². The summed E-state index contributed by atoms with van der Waals surface area (Å²) in [5.41, 5.74) is -0.776. The zero-order chi connectivity index (χ0) is 41.0. The number of esters is 2. The fourth-order valence-corrected chi connectivity index (χ4v) is 8.76. The number of carbonyl (C=O) groups excluding carboxylic acids is 5. The molecule has 9 unspecified atom stereocenters. The average molecular weight is 797 g/mol. The second-order valence-corrected chi connectivity index (χ2v) is 17.7. The minimum Gasteiger partial charge on any atom is -0.460 e. The lowest BCUT2D eigenvalue weighted by atomic mass is 9.62. The monoisotopic (exact) mass is 796 g/mol. The highest BCUT2D eigenvalue weighted by Gasteiger charge is 2.78. The lowest BCUT2D eigenvalue weighted by Crippen LogP contribution is -2.71. The van der Waals surface area contributed by atoms with Crippen molar-refractivity contribution in [2.24, 2.45) is 17.3 Å². The Morgan fingerprint density at radius 3 is 2.26 bits per heavy atom. The van der Waals surface area contributed by atoms with Gasteiger partial charge in [-0.3, -0.25) is 28.8 Å². The van der Waals surface area contributed by atoms with E-state index in [-0.39, 0.29) is 43.6 Å². The Morgan fingerprint density at radius 1 is 1.04 bits per heavy atom. The molecule has 0 radical (unpaired) electrons. The van der Waals surface area contributed by atoms with E-state index >= 15 is 0 Å². The zero-order valence-electron chi connectivity index (χ0n) is 33.5. The van der Waals surface area contributed by atoms with E-state index in [1.54, 1.807) is 40.9 Å². The third kappa shape index (κ3) is 8.21. The maximum Gasteiger partial charge on any atom is 0.327 e. The number of carbonyl (C=O) groups is 5. The van der Waals surface area contributed by atoms with Crippen LogP contribution in [0, 0.1) is 17.3 Å². The molecule has 9 atom stereocenters. The van der Waals surface area contributed by atoms with E-state index in [0.29, 0.717) is 0 Å². The molecular weight excluding hydrogens is 740 g/mol. The van der Waals surface area contributed by atoms with Gasteiger partial charge in [-0.15, -0.1) is 0 Å². The van der Waals surface area contributed by atoms with Gasteiger partial charge in [-0.1, -0.05) is 24.3 Å². The smallest absolute Gasteiger partial charge is 0.327 e. The van der Waals surface area contributed by atoms with E-state index in [4.69, 9.17) is 23.8 Å². The Bertz CT molecular complexity index is 1740. The molecule has 16 nitrogen and oxygen atoms in total. The molecule has 16 heteroatoms. The van der Waals surface area contributed by atoms with Gasteiger partial charge in [0.15, 0.2) is 11.8 Å². The van der Waals surface area contributed by atoms with Crippen LogP contribution in [0.15, 0.2) is 30.3 Å². The van der Waals surface area contributed by atoms with Gasteiger partial charge in [-0.2, -0.15) is 5.06 Å². The fraction of sp³-hybridized carbons (Fsp3) is 0.683. The van der Waals surface area contributed by atoms with E-state index in [1.165, 1.54) is 23.0 Å². The first-order chi connectivity index (χ1) is 27.0. The first-order valence-corrected chi connectivity index (χ1v) is 20.1. The largest absolute Gasteiger partial charge is 0.460 e. The van der Waals surface area contributed by atoms with Crippen molar-refractivity contribution in [3.8, 4) is 0 Å². The summed E-state index contributed by atoms with van der Waals surface area (Å²) in [7, 11) is 3.33. The molecule has 4 N–H and O–H groups in total. The van der Waals surface area contributed by atoms with Gasteiger partial charge in [0.1, 0.15) is 41.5 Å². The summed E-state index contributed by atoms with van der Waals surface area (Å²) in [4.78, 5) is 75.4. The molecule has 3 aliphatic carbocycles. The van der Waals surface area contributed by atoms with Crippen LogP contribution in [0.4, 0.5) is 0 Å². The number of benzene rings is 1. The van der Waals surface area contributed by atoms with Gasteiger partial charge >= 0.3 is 11.9 Å². The second kappa shape index (κ2) is 15.7. The third-order valence-corrected chi connectivity index (χ3v) is 11.8. The maximum absolute atomic E-state index is 15.0. The Balaban J connectivity index is 1.15. The number of likely N-dealkylation sites (N-methyl/N-ethyl adjacent to an activating group) is 1. The molecule has 312 valence electrons. The lowest BCUT2D eigenvalue weighted by molar-refractivity contribution is -0.235. The summed E-state index contributed by atoms with van der Waals surface area (Å²) >= 11 is 0. The highest BCUT2D eigenvalue weighted by atomic mass is 16.8. The molecule has 3 amide bonds. The van der Waals surface area contributed by atoms with Crippen molar-refractivity contribution >= 4 is 35.7 Å². The number of amides is 3. The SMILES string of the molecule is CC(O)C(NC(=O)C12CC3OC(=O)C1N(Cc1ccc(C=CC(=O)N(C)C)cc1)OC2C1OC(C2CC2)(C2CC2)OC31)C(=O)NC(CO)CCC(=O)OC(C)(C)C. The number of rotatable bonds is 15. The molecule has 0 spiro atoms. The molecule has 3 saturated heterocycles.